The van der Waals surface area contributed by atoms with Crippen LogP contribution in [-0.2, 0) is 9.53 Å². The zero-order chi connectivity index (χ0) is 11.3. The van der Waals surface area contributed by atoms with E-state index >= 15 is 0 Å². The molecule has 0 spiro atoms. The summed E-state index contributed by atoms with van der Waals surface area (Å²) < 4.78 is 4.56. The van der Waals surface area contributed by atoms with Crippen molar-refractivity contribution in [2.75, 3.05) is 19.0 Å². The molecule has 1 amide bonds. The highest BCUT2D eigenvalue weighted by molar-refractivity contribution is 5.90. The number of rotatable bonds is 4. The van der Waals surface area contributed by atoms with Gasteiger partial charge in [0, 0.05) is 5.69 Å². The van der Waals surface area contributed by atoms with E-state index in [4.69, 9.17) is 5.73 Å². The van der Waals surface area contributed by atoms with E-state index in [0.29, 0.717) is 11.3 Å². The van der Waals surface area contributed by atoms with Crippen LogP contribution in [0, 0.1) is 0 Å². The summed E-state index contributed by atoms with van der Waals surface area (Å²) in [6, 6.07) is 6.64. The van der Waals surface area contributed by atoms with Crippen molar-refractivity contribution in [3.8, 4) is 0 Å². The molecular weight excluding hydrogens is 196 g/mol. The zero-order valence-corrected chi connectivity index (χ0v) is 8.32. The van der Waals surface area contributed by atoms with Gasteiger partial charge in [-0.1, -0.05) is 6.07 Å². The second kappa shape index (κ2) is 4.99. The molecule has 1 aromatic carbocycles. The summed E-state index contributed by atoms with van der Waals surface area (Å²) in [6.07, 6.45) is 0. The fraction of sp³-hybridized carbons (Fsp3) is 0.200. The van der Waals surface area contributed by atoms with E-state index in [9.17, 15) is 9.59 Å². The van der Waals surface area contributed by atoms with E-state index < -0.39 is 11.9 Å². The van der Waals surface area contributed by atoms with Crippen LogP contribution in [0.15, 0.2) is 24.3 Å². The van der Waals surface area contributed by atoms with Crippen molar-refractivity contribution in [2.24, 2.45) is 5.73 Å². The maximum atomic E-state index is 11.2. The lowest BCUT2D eigenvalue weighted by Crippen LogP contribution is -2.21. The molecule has 0 bridgehead atoms. The maximum absolute atomic E-state index is 11.2. The zero-order valence-electron chi connectivity index (χ0n) is 8.32. The highest BCUT2D eigenvalue weighted by Gasteiger charge is 2.05. The molecule has 5 nitrogen and oxygen atoms in total. The molecule has 0 saturated carbocycles. The van der Waals surface area contributed by atoms with Gasteiger partial charge in [0.25, 0.3) is 0 Å². The fourth-order valence-corrected chi connectivity index (χ4v) is 1.06. The monoisotopic (exact) mass is 208 g/mol. The largest absolute Gasteiger partial charge is 0.465 e. The number of hydrogen-bond donors (Lipinski definition) is 2. The van der Waals surface area contributed by atoms with Crippen LogP contribution >= 0.6 is 0 Å². The average molecular weight is 208 g/mol. The molecule has 0 fully saturated rings. The number of anilines is 1. The predicted octanol–water partition coefficient (Wildman–Crippen LogP) is 0.370. The smallest absolute Gasteiger partial charge is 0.337 e. The SMILES string of the molecule is COC(=O)c1cccc(NCC(N)=O)c1. The number of nitrogens with two attached hydrogens (primary N) is 1. The van der Waals surface area contributed by atoms with Gasteiger partial charge in [-0.15, -0.1) is 0 Å². The molecule has 0 radical (unpaired) electrons. The Bertz CT molecular complexity index is 377. The molecule has 3 N–H and O–H groups in total. The van der Waals surface area contributed by atoms with E-state index in [1.807, 2.05) is 0 Å². The molecule has 1 rings (SSSR count). The highest BCUT2D eigenvalue weighted by atomic mass is 16.5. The van der Waals surface area contributed by atoms with Gasteiger partial charge in [0.1, 0.15) is 0 Å². The van der Waals surface area contributed by atoms with Gasteiger partial charge >= 0.3 is 5.97 Å². The third kappa shape index (κ3) is 3.30. The van der Waals surface area contributed by atoms with Crippen LogP contribution in [0.4, 0.5) is 5.69 Å². The molecule has 0 aliphatic heterocycles. The number of methoxy groups -OCH3 is 1. The highest BCUT2D eigenvalue weighted by Crippen LogP contribution is 2.10. The summed E-state index contributed by atoms with van der Waals surface area (Å²) in [7, 11) is 1.31. The summed E-state index contributed by atoms with van der Waals surface area (Å²) in [5.74, 6) is -0.879. The average Bonchev–Trinajstić information content (AvgIpc) is 2.25. The Hall–Kier alpha value is -2.04. The standard InChI is InChI=1S/C10H12N2O3/c1-15-10(14)7-3-2-4-8(5-7)12-6-9(11)13/h2-5,12H,6H2,1H3,(H2,11,13). The second-order valence-corrected chi connectivity index (χ2v) is 2.89. The summed E-state index contributed by atoms with van der Waals surface area (Å²) in [5.41, 5.74) is 6.04. The minimum Gasteiger partial charge on any atom is -0.465 e. The number of hydrogen-bond acceptors (Lipinski definition) is 4. The van der Waals surface area contributed by atoms with Crippen molar-refractivity contribution in [2.45, 2.75) is 0 Å². The molecule has 15 heavy (non-hydrogen) atoms. The topological polar surface area (TPSA) is 81.4 Å². The Balaban J connectivity index is 2.74. The Morgan fingerprint density at radius 1 is 1.47 bits per heavy atom. The molecule has 5 heteroatoms. The number of carbonyl (C=O) groups is 2. The van der Waals surface area contributed by atoms with Crippen molar-refractivity contribution < 1.29 is 14.3 Å². The van der Waals surface area contributed by atoms with Crippen LogP contribution in [-0.4, -0.2) is 25.5 Å². The van der Waals surface area contributed by atoms with Gasteiger partial charge < -0.3 is 15.8 Å². The predicted molar refractivity (Wildman–Crippen MR) is 55.5 cm³/mol. The number of ether oxygens (including phenoxy) is 1. The summed E-state index contributed by atoms with van der Waals surface area (Å²) in [5, 5.41) is 2.78. The van der Waals surface area contributed by atoms with E-state index in [0.717, 1.165) is 0 Å². The molecule has 0 aliphatic rings. The number of nitrogens with one attached hydrogen (secondary N) is 1. The third-order valence-electron chi connectivity index (χ3n) is 1.75. The molecule has 0 atom stereocenters. The molecule has 0 aliphatic carbocycles. The first-order valence-corrected chi connectivity index (χ1v) is 4.34. The van der Waals surface area contributed by atoms with Crippen molar-refractivity contribution >= 4 is 17.6 Å². The van der Waals surface area contributed by atoms with Crippen molar-refractivity contribution in [3.05, 3.63) is 29.8 Å². The summed E-state index contributed by atoms with van der Waals surface area (Å²) in [4.78, 5) is 21.7. The van der Waals surface area contributed by atoms with E-state index in [-0.39, 0.29) is 6.54 Å². The minimum absolute atomic E-state index is 0.0324. The van der Waals surface area contributed by atoms with Crippen LogP contribution < -0.4 is 11.1 Å². The maximum Gasteiger partial charge on any atom is 0.337 e. The number of carbonyl (C=O) groups excluding carboxylic acids is 2. The number of benzene rings is 1. The minimum atomic E-state index is -0.460. The second-order valence-electron chi connectivity index (χ2n) is 2.89. The van der Waals surface area contributed by atoms with Crippen LogP contribution in [0.1, 0.15) is 10.4 Å². The molecule has 0 saturated heterocycles. The van der Waals surface area contributed by atoms with Crippen LogP contribution in [0.2, 0.25) is 0 Å². The Labute approximate surface area is 87.2 Å². The van der Waals surface area contributed by atoms with Crippen LogP contribution in [0.25, 0.3) is 0 Å². The van der Waals surface area contributed by atoms with Gasteiger partial charge in [-0.05, 0) is 18.2 Å². The summed E-state index contributed by atoms with van der Waals surface area (Å²) >= 11 is 0. The number of primary amides is 1. The summed E-state index contributed by atoms with van der Waals surface area (Å²) in [6.45, 7) is 0.0324. The van der Waals surface area contributed by atoms with Gasteiger partial charge in [0.15, 0.2) is 0 Å². The quantitative estimate of drug-likeness (QED) is 0.700. The van der Waals surface area contributed by atoms with Gasteiger partial charge in [0.05, 0.1) is 19.2 Å². The first kappa shape index (κ1) is 11.0. The normalized spacial score (nSPS) is 9.40. The van der Waals surface area contributed by atoms with Crippen LogP contribution in [0.3, 0.4) is 0 Å². The van der Waals surface area contributed by atoms with Gasteiger partial charge in [-0.25, -0.2) is 4.79 Å². The first-order chi connectivity index (χ1) is 7.13. The Morgan fingerprint density at radius 2 is 2.20 bits per heavy atom. The van der Waals surface area contributed by atoms with Crippen molar-refractivity contribution in [1.29, 1.82) is 0 Å². The van der Waals surface area contributed by atoms with Crippen LogP contribution in [0.5, 0.6) is 0 Å². The fourth-order valence-electron chi connectivity index (χ4n) is 1.06. The number of esters is 1. The lowest BCUT2D eigenvalue weighted by molar-refractivity contribution is -0.116. The third-order valence-corrected chi connectivity index (χ3v) is 1.75. The van der Waals surface area contributed by atoms with E-state index in [1.54, 1.807) is 24.3 Å². The Kier molecular flexibility index (Phi) is 3.68. The molecule has 0 heterocycles. The Morgan fingerprint density at radius 3 is 2.80 bits per heavy atom. The molecule has 0 aromatic heterocycles. The lowest BCUT2D eigenvalue weighted by Gasteiger charge is -2.05. The van der Waals surface area contributed by atoms with E-state index in [2.05, 4.69) is 10.1 Å². The molecule has 0 unspecified atom stereocenters. The lowest BCUT2D eigenvalue weighted by atomic mass is 10.2. The van der Waals surface area contributed by atoms with E-state index in [1.165, 1.54) is 7.11 Å². The molecular formula is C10H12N2O3. The van der Waals surface area contributed by atoms with Gasteiger partial charge in [0.2, 0.25) is 5.91 Å². The first-order valence-electron chi connectivity index (χ1n) is 4.34. The van der Waals surface area contributed by atoms with Gasteiger partial charge in [-0.3, -0.25) is 4.79 Å². The number of amides is 1. The van der Waals surface area contributed by atoms with Gasteiger partial charge in [-0.2, -0.15) is 0 Å². The molecule has 1 aromatic rings. The van der Waals surface area contributed by atoms with Crippen molar-refractivity contribution in [1.82, 2.24) is 0 Å². The van der Waals surface area contributed by atoms with Crippen molar-refractivity contribution in [3.63, 3.8) is 0 Å². The molecule has 80 valence electrons.